The zero-order valence-electron chi connectivity index (χ0n) is 14.3. The Labute approximate surface area is 142 Å². The van der Waals surface area contributed by atoms with E-state index in [0.717, 1.165) is 23.2 Å². The second-order valence-corrected chi connectivity index (χ2v) is 6.95. The molecule has 0 spiro atoms. The van der Waals surface area contributed by atoms with Crippen LogP contribution in [0.1, 0.15) is 49.4 Å². The summed E-state index contributed by atoms with van der Waals surface area (Å²) in [5.41, 5.74) is 3.21. The van der Waals surface area contributed by atoms with Gasteiger partial charge in [0.2, 0.25) is 11.8 Å². The van der Waals surface area contributed by atoms with E-state index in [1.54, 1.807) is 0 Å². The van der Waals surface area contributed by atoms with Crippen LogP contribution >= 0.6 is 0 Å². The van der Waals surface area contributed by atoms with Crippen molar-refractivity contribution in [3.05, 3.63) is 29.1 Å². The molecule has 0 bridgehead atoms. The number of fused-ring (bicyclic) bond motifs is 1. The van der Waals surface area contributed by atoms with E-state index < -0.39 is 6.10 Å². The summed E-state index contributed by atoms with van der Waals surface area (Å²) in [4.78, 5) is 30.6. The summed E-state index contributed by atoms with van der Waals surface area (Å²) in [5, 5.41) is 13.0. The van der Waals surface area contributed by atoms with E-state index in [-0.39, 0.29) is 23.8 Å². The topological polar surface area (TPSA) is 82.5 Å². The lowest BCUT2D eigenvalue weighted by molar-refractivity contribution is -0.136. The Kier molecular flexibility index (Phi) is 4.85. The van der Waals surface area contributed by atoms with Gasteiger partial charge in [-0.15, -0.1) is 0 Å². The number of aromatic nitrogens is 1. The summed E-state index contributed by atoms with van der Waals surface area (Å²) in [6, 6.07) is 1.71. The number of hydrogen-bond acceptors (Lipinski definition) is 4. The lowest BCUT2D eigenvalue weighted by Gasteiger charge is -2.20. The van der Waals surface area contributed by atoms with Crippen LogP contribution in [0, 0.1) is 12.8 Å². The third-order valence-electron chi connectivity index (χ3n) is 4.96. The van der Waals surface area contributed by atoms with Crippen LogP contribution in [-0.2, 0) is 22.7 Å². The highest BCUT2D eigenvalue weighted by molar-refractivity contribution is 5.81. The summed E-state index contributed by atoms with van der Waals surface area (Å²) in [5.74, 6) is -0.213. The number of pyridine rings is 1. The number of carbonyl (C=O) groups excluding carboxylic acids is 2. The molecule has 2 amide bonds. The molecule has 1 aromatic rings. The quantitative estimate of drug-likeness (QED) is 0.871. The number of rotatable bonds is 4. The van der Waals surface area contributed by atoms with Crippen LogP contribution in [0.25, 0.3) is 0 Å². The van der Waals surface area contributed by atoms with Crippen molar-refractivity contribution in [3.8, 4) is 0 Å². The molecule has 1 fully saturated rings. The van der Waals surface area contributed by atoms with Gasteiger partial charge in [-0.05, 0) is 43.4 Å². The van der Waals surface area contributed by atoms with Crippen LogP contribution in [0.5, 0.6) is 0 Å². The van der Waals surface area contributed by atoms with E-state index in [1.165, 1.54) is 0 Å². The van der Waals surface area contributed by atoms with Crippen LogP contribution in [-0.4, -0.2) is 39.0 Å². The SMILES string of the molecule is CCCC(=O)N[C@@H]1C[C@H](C(=O)N2Cc3cnc(C)cc3C2)C[C@H]1O. The Balaban J connectivity index is 1.60. The molecule has 3 rings (SSSR count). The molecule has 130 valence electrons. The molecule has 2 N–H and O–H groups in total. The molecule has 0 unspecified atom stereocenters. The number of nitrogens with one attached hydrogen (secondary N) is 1. The van der Waals surface area contributed by atoms with Crippen LogP contribution in [0.2, 0.25) is 0 Å². The number of nitrogens with zero attached hydrogens (tertiary/aromatic N) is 2. The molecule has 2 aliphatic rings. The number of carbonyl (C=O) groups is 2. The predicted molar refractivity (Wildman–Crippen MR) is 88.8 cm³/mol. The molecular weight excluding hydrogens is 306 g/mol. The van der Waals surface area contributed by atoms with E-state index in [4.69, 9.17) is 0 Å². The molecule has 0 aromatic carbocycles. The number of hydrogen-bond donors (Lipinski definition) is 2. The van der Waals surface area contributed by atoms with Crippen LogP contribution in [0.4, 0.5) is 0 Å². The summed E-state index contributed by atoms with van der Waals surface area (Å²) in [6.07, 6.45) is 3.36. The van der Waals surface area contributed by atoms with Crippen molar-refractivity contribution in [3.63, 3.8) is 0 Å². The molecular formula is C18H25N3O3. The van der Waals surface area contributed by atoms with Crippen LogP contribution in [0.15, 0.2) is 12.3 Å². The van der Waals surface area contributed by atoms with Crippen molar-refractivity contribution < 1.29 is 14.7 Å². The highest BCUT2D eigenvalue weighted by atomic mass is 16.3. The number of aryl methyl sites for hydroxylation is 1. The van der Waals surface area contributed by atoms with Crippen molar-refractivity contribution in [2.75, 3.05) is 0 Å². The molecule has 1 aliphatic carbocycles. The average Bonchev–Trinajstić information content (AvgIpc) is 3.10. The number of amides is 2. The van der Waals surface area contributed by atoms with Crippen molar-refractivity contribution in [1.82, 2.24) is 15.2 Å². The van der Waals surface area contributed by atoms with E-state index in [2.05, 4.69) is 10.3 Å². The van der Waals surface area contributed by atoms with Crippen molar-refractivity contribution in [1.29, 1.82) is 0 Å². The molecule has 24 heavy (non-hydrogen) atoms. The smallest absolute Gasteiger partial charge is 0.226 e. The maximum absolute atomic E-state index is 12.8. The minimum Gasteiger partial charge on any atom is -0.391 e. The molecule has 0 saturated heterocycles. The summed E-state index contributed by atoms with van der Waals surface area (Å²) in [6.45, 7) is 5.08. The van der Waals surface area contributed by atoms with E-state index in [9.17, 15) is 14.7 Å². The van der Waals surface area contributed by atoms with Crippen molar-refractivity contribution in [2.45, 2.75) is 64.8 Å². The zero-order chi connectivity index (χ0) is 17.3. The Morgan fingerprint density at radius 2 is 2.08 bits per heavy atom. The molecule has 6 heteroatoms. The monoisotopic (exact) mass is 331 g/mol. The third kappa shape index (κ3) is 3.43. The predicted octanol–water partition coefficient (Wildman–Crippen LogP) is 1.29. The minimum atomic E-state index is -0.645. The van der Waals surface area contributed by atoms with Gasteiger partial charge in [-0.3, -0.25) is 14.6 Å². The van der Waals surface area contributed by atoms with Gasteiger partial charge >= 0.3 is 0 Å². The minimum absolute atomic E-state index is 0.0511. The lowest BCUT2D eigenvalue weighted by atomic mass is 10.1. The van der Waals surface area contributed by atoms with E-state index >= 15 is 0 Å². The Bertz CT molecular complexity index is 646. The maximum atomic E-state index is 12.8. The van der Waals surface area contributed by atoms with Gasteiger partial charge in [0, 0.05) is 37.3 Å². The zero-order valence-corrected chi connectivity index (χ0v) is 14.3. The number of aliphatic hydroxyl groups excluding tert-OH is 1. The fourth-order valence-electron chi connectivity index (χ4n) is 3.69. The first-order chi connectivity index (χ1) is 11.5. The van der Waals surface area contributed by atoms with Crippen LogP contribution < -0.4 is 5.32 Å². The molecule has 1 aliphatic heterocycles. The van der Waals surface area contributed by atoms with Gasteiger partial charge < -0.3 is 15.3 Å². The molecule has 1 saturated carbocycles. The first-order valence-electron chi connectivity index (χ1n) is 8.68. The average molecular weight is 331 g/mol. The van der Waals surface area contributed by atoms with E-state index in [1.807, 2.05) is 31.0 Å². The number of aliphatic hydroxyl groups is 1. The fourth-order valence-corrected chi connectivity index (χ4v) is 3.69. The Morgan fingerprint density at radius 1 is 1.33 bits per heavy atom. The maximum Gasteiger partial charge on any atom is 0.226 e. The van der Waals surface area contributed by atoms with Gasteiger partial charge in [0.25, 0.3) is 0 Å². The van der Waals surface area contributed by atoms with Gasteiger partial charge in [0.1, 0.15) is 0 Å². The summed E-state index contributed by atoms with van der Waals surface area (Å²) < 4.78 is 0. The van der Waals surface area contributed by atoms with Gasteiger partial charge in [0.15, 0.2) is 0 Å². The first kappa shape index (κ1) is 16.9. The van der Waals surface area contributed by atoms with Gasteiger partial charge in [-0.1, -0.05) is 6.92 Å². The largest absolute Gasteiger partial charge is 0.391 e. The third-order valence-corrected chi connectivity index (χ3v) is 4.96. The van der Waals surface area contributed by atoms with Crippen LogP contribution in [0.3, 0.4) is 0 Å². The first-order valence-corrected chi connectivity index (χ1v) is 8.68. The Morgan fingerprint density at radius 3 is 2.83 bits per heavy atom. The second-order valence-electron chi connectivity index (χ2n) is 6.95. The van der Waals surface area contributed by atoms with Gasteiger partial charge in [-0.2, -0.15) is 0 Å². The molecule has 2 heterocycles. The molecule has 0 radical (unpaired) electrons. The van der Waals surface area contributed by atoms with E-state index in [0.29, 0.717) is 32.4 Å². The summed E-state index contributed by atoms with van der Waals surface area (Å²) >= 11 is 0. The highest BCUT2D eigenvalue weighted by Gasteiger charge is 2.40. The lowest BCUT2D eigenvalue weighted by Crippen LogP contribution is -2.40. The molecule has 6 nitrogen and oxygen atoms in total. The molecule has 3 atom stereocenters. The van der Waals surface area contributed by atoms with Crippen molar-refractivity contribution >= 4 is 11.8 Å². The van der Waals surface area contributed by atoms with Gasteiger partial charge in [0.05, 0.1) is 12.1 Å². The standard InChI is InChI=1S/C18H25N3O3/c1-3-4-17(23)20-15-6-12(7-16(15)22)18(24)21-9-13-5-11(2)19-8-14(13)10-21/h5,8,12,15-16,22H,3-4,6-7,9-10H2,1-2H3,(H,20,23)/t12-,15+,16+/m0/s1. The van der Waals surface area contributed by atoms with Gasteiger partial charge in [-0.25, -0.2) is 0 Å². The second kappa shape index (κ2) is 6.89. The summed E-state index contributed by atoms with van der Waals surface area (Å²) in [7, 11) is 0. The fraction of sp³-hybridized carbons (Fsp3) is 0.611. The highest BCUT2D eigenvalue weighted by Crippen LogP contribution is 2.31. The van der Waals surface area contributed by atoms with Crippen molar-refractivity contribution in [2.24, 2.45) is 5.92 Å². The Hall–Kier alpha value is -1.95. The molecule has 1 aromatic heterocycles. The normalized spacial score (nSPS) is 25.6.